The summed E-state index contributed by atoms with van der Waals surface area (Å²) in [7, 11) is 1.74. The fraction of sp³-hybridized carbons (Fsp3) is 0.158. The molecule has 1 aliphatic rings. The first-order chi connectivity index (χ1) is 12.7. The van der Waals surface area contributed by atoms with Gasteiger partial charge in [-0.1, -0.05) is 18.2 Å². The number of benzene rings is 2. The molecule has 0 bridgehead atoms. The lowest BCUT2D eigenvalue weighted by atomic mass is 9.97. The van der Waals surface area contributed by atoms with Gasteiger partial charge in [0.2, 0.25) is 0 Å². The molecular weight excluding hydrogens is 330 g/mol. The number of ether oxygens (including phenoxy) is 1. The Hall–Kier alpha value is -3.66. The van der Waals surface area contributed by atoms with Crippen molar-refractivity contribution in [1.82, 2.24) is 14.8 Å². The van der Waals surface area contributed by atoms with E-state index >= 15 is 0 Å². The zero-order chi connectivity index (χ0) is 18.1. The number of amides is 1. The second-order valence-electron chi connectivity index (χ2n) is 5.98. The summed E-state index contributed by atoms with van der Waals surface area (Å²) in [6, 6.07) is 15.0. The maximum absolute atomic E-state index is 11.9. The third-order valence-electron chi connectivity index (χ3n) is 4.44. The quantitative estimate of drug-likeness (QED) is 0.726. The molecule has 0 fully saturated rings. The highest BCUT2D eigenvalue weighted by Gasteiger charge is 2.25. The fourth-order valence-corrected chi connectivity index (χ4v) is 3.05. The molecule has 1 amide bonds. The first-order valence-electron chi connectivity index (χ1n) is 8.05. The van der Waals surface area contributed by atoms with Gasteiger partial charge in [0.05, 0.1) is 17.3 Å². The molecule has 0 N–H and O–H groups in total. The molecule has 0 radical (unpaired) electrons. The van der Waals surface area contributed by atoms with Crippen LogP contribution in [0.3, 0.4) is 0 Å². The smallest absolute Gasteiger partial charge is 0.264 e. The zero-order valence-electron chi connectivity index (χ0n) is 14.0. The minimum absolute atomic E-state index is 0.0466. The third-order valence-corrected chi connectivity index (χ3v) is 4.44. The maximum Gasteiger partial charge on any atom is 0.264 e. The molecule has 3 aromatic rings. The van der Waals surface area contributed by atoms with Crippen LogP contribution < -0.4 is 9.64 Å². The average molecular weight is 345 g/mol. The molecule has 7 heteroatoms. The summed E-state index contributed by atoms with van der Waals surface area (Å²) >= 11 is 0. The molecule has 4 rings (SSSR count). The van der Waals surface area contributed by atoms with Crippen molar-refractivity contribution in [1.29, 1.82) is 5.26 Å². The van der Waals surface area contributed by atoms with Gasteiger partial charge in [-0.15, -0.1) is 0 Å². The van der Waals surface area contributed by atoms with Crippen molar-refractivity contribution >= 4 is 11.6 Å². The van der Waals surface area contributed by atoms with Crippen molar-refractivity contribution in [3.8, 4) is 11.8 Å². The van der Waals surface area contributed by atoms with Gasteiger partial charge in [-0.25, -0.2) is 9.67 Å². The third kappa shape index (κ3) is 2.67. The number of likely N-dealkylation sites (N-methyl/N-ethyl adjacent to an activating group) is 1. The van der Waals surface area contributed by atoms with Crippen LogP contribution in [0.1, 0.15) is 22.7 Å². The topological polar surface area (TPSA) is 84.0 Å². The minimum atomic E-state index is -0.235. The standard InChI is InChI=1S/C19H15N5O2/c1-23-16-8-15(6-7-17(16)26-10-18(23)25)19(24-12-21-11-22-24)14-4-2-13(9-20)3-5-14/h2-8,11-12,19H,10H2,1H3. The molecule has 1 atom stereocenters. The van der Waals surface area contributed by atoms with Crippen LogP contribution in [0.2, 0.25) is 0 Å². The van der Waals surface area contributed by atoms with Crippen LogP contribution in [0, 0.1) is 11.3 Å². The van der Waals surface area contributed by atoms with Crippen molar-refractivity contribution in [3.05, 3.63) is 71.8 Å². The van der Waals surface area contributed by atoms with E-state index in [0.717, 1.165) is 16.8 Å². The Morgan fingerprint density at radius 3 is 2.65 bits per heavy atom. The summed E-state index contributed by atoms with van der Waals surface area (Å²) < 4.78 is 7.25. The van der Waals surface area contributed by atoms with Gasteiger partial charge < -0.3 is 9.64 Å². The molecule has 128 valence electrons. The Bertz CT molecular complexity index is 990. The lowest BCUT2D eigenvalue weighted by molar-refractivity contribution is -0.120. The molecule has 0 saturated heterocycles. The van der Waals surface area contributed by atoms with Gasteiger partial charge in [0.1, 0.15) is 24.4 Å². The summed E-state index contributed by atoms with van der Waals surface area (Å²) in [5.41, 5.74) is 3.21. The Labute approximate surface area is 150 Å². The first kappa shape index (κ1) is 15.8. The molecule has 1 aromatic heterocycles. The summed E-state index contributed by atoms with van der Waals surface area (Å²) in [5.74, 6) is 0.582. The Balaban J connectivity index is 1.82. The van der Waals surface area contributed by atoms with Crippen LogP contribution in [0.15, 0.2) is 55.1 Å². The predicted molar refractivity (Wildman–Crippen MR) is 93.8 cm³/mol. The van der Waals surface area contributed by atoms with Crippen molar-refractivity contribution < 1.29 is 9.53 Å². The number of anilines is 1. The van der Waals surface area contributed by atoms with Crippen LogP contribution in [0.5, 0.6) is 5.75 Å². The van der Waals surface area contributed by atoms with E-state index in [1.807, 2.05) is 30.3 Å². The second kappa shape index (κ2) is 6.33. The molecule has 2 aromatic carbocycles. The van der Waals surface area contributed by atoms with Crippen molar-refractivity contribution in [2.24, 2.45) is 0 Å². The summed E-state index contributed by atoms with van der Waals surface area (Å²) in [5, 5.41) is 13.3. The van der Waals surface area contributed by atoms with E-state index in [4.69, 9.17) is 10.00 Å². The normalized spacial score (nSPS) is 14.3. The summed E-state index contributed by atoms with van der Waals surface area (Å²) in [6.45, 7) is 0.0466. The van der Waals surface area contributed by atoms with E-state index in [-0.39, 0.29) is 18.6 Å². The van der Waals surface area contributed by atoms with Crippen LogP contribution in [-0.4, -0.2) is 34.3 Å². The van der Waals surface area contributed by atoms with Crippen LogP contribution >= 0.6 is 0 Å². The number of fused-ring (bicyclic) bond motifs is 1. The Morgan fingerprint density at radius 1 is 1.19 bits per heavy atom. The number of hydrogen-bond donors (Lipinski definition) is 0. The van der Waals surface area contributed by atoms with E-state index < -0.39 is 0 Å². The van der Waals surface area contributed by atoms with E-state index in [1.165, 1.54) is 6.33 Å². The van der Waals surface area contributed by atoms with Crippen molar-refractivity contribution in [2.75, 3.05) is 18.6 Å². The monoisotopic (exact) mass is 345 g/mol. The first-order valence-corrected chi connectivity index (χ1v) is 8.05. The van der Waals surface area contributed by atoms with Gasteiger partial charge >= 0.3 is 0 Å². The summed E-state index contributed by atoms with van der Waals surface area (Å²) in [4.78, 5) is 17.6. The lowest BCUT2D eigenvalue weighted by Gasteiger charge is -2.27. The minimum Gasteiger partial charge on any atom is -0.482 e. The number of rotatable bonds is 3. The van der Waals surface area contributed by atoms with Crippen LogP contribution in [0.25, 0.3) is 0 Å². The molecule has 0 saturated carbocycles. The molecule has 0 aliphatic carbocycles. The maximum atomic E-state index is 11.9. The van der Waals surface area contributed by atoms with Crippen LogP contribution in [-0.2, 0) is 4.79 Å². The van der Waals surface area contributed by atoms with Gasteiger partial charge in [-0.2, -0.15) is 10.4 Å². The largest absolute Gasteiger partial charge is 0.482 e. The molecule has 1 aliphatic heterocycles. The highest BCUT2D eigenvalue weighted by atomic mass is 16.5. The number of carbonyl (C=O) groups excluding carboxylic acids is 1. The fourth-order valence-electron chi connectivity index (χ4n) is 3.05. The van der Waals surface area contributed by atoms with Crippen LogP contribution in [0.4, 0.5) is 5.69 Å². The molecule has 7 nitrogen and oxygen atoms in total. The van der Waals surface area contributed by atoms with Gasteiger partial charge in [-0.3, -0.25) is 4.79 Å². The van der Waals surface area contributed by atoms with Crippen molar-refractivity contribution in [3.63, 3.8) is 0 Å². The second-order valence-corrected chi connectivity index (χ2v) is 5.98. The molecule has 0 spiro atoms. The Kier molecular flexibility index (Phi) is 3.86. The van der Waals surface area contributed by atoms with Gasteiger partial charge in [0.15, 0.2) is 6.61 Å². The summed E-state index contributed by atoms with van der Waals surface area (Å²) in [6.07, 6.45) is 3.13. The predicted octanol–water partition coefficient (Wildman–Crippen LogP) is 2.14. The average Bonchev–Trinajstić information content (AvgIpc) is 3.20. The van der Waals surface area contributed by atoms with Gasteiger partial charge in [0.25, 0.3) is 5.91 Å². The number of nitrogens with zero attached hydrogens (tertiary/aromatic N) is 5. The van der Waals surface area contributed by atoms with Crippen molar-refractivity contribution in [2.45, 2.75) is 6.04 Å². The molecule has 1 unspecified atom stereocenters. The molecule has 2 heterocycles. The molecule has 26 heavy (non-hydrogen) atoms. The lowest BCUT2D eigenvalue weighted by Crippen LogP contribution is -2.35. The zero-order valence-corrected chi connectivity index (χ0v) is 14.0. The number of nitriles is 1. The number of aromatic nitrogens is 3. The highest BCUT2D eigenvalue weighted by molar-refractivity contribution is 5.97. The number of hydrogen-bond acceptors (Lipinski definition) is 5. The van der Waals surface area contributed by atoms with E-state index in [0.29, 0.717) is 11.3 Å². The SMILES string of the molecule is CN1C(=O)COc2ccc(C(c3ccc(C#N)cc3)n3cncn3)cc21. The molecular formula is C19H15N5O2. The van der Waals surface area contributed by atoms with E-state index in [2.05, 4.69) is 16.2 Å². The van der Waals surface area contributed by atoms with E-state index in [9.17, 15) is 4.79 Å². The highest BCUT2D eigenvalue weighted by Crippen LogP contribution is 2.36. The number of carbonyl (C=O) groups is 1. The Morgan fingerprint density at radius 2 is 1.96 bits per heavy atom. The van der Waals surface area contributed by atoms with Gasteiger partial charge in [0, 0.05) is 7.05 Å². The van der Waals surface area contributed by atoms with E-state index in [1.54, 1.807) is 35.1 Å². The van der Waals surface area contributed by atoms with Gasteiger partial charge in [-0.05, 0) is 35.4 Å².